The molecule has 0 saturated carbocycles. The van der Waals surface area contributed by atoms with Crippen LogP contribution in [0.1, 0.15) is 12.0 Å². The standard InChI is InChI=1S/C17H16N2O/c18-11-10-17-9-3-4-12-7-8-15(20)19(16(12)17)14-6-2-1-5-13(14)17/h1-9,16H,10-11,18H2/t16-,17+/m0/s1. The van der Waals surface area contributed by atoms with Crippen molar-refractivity contribution in [2.24, 2.45) is 5.73 Å². The number of allylic oxidation sites excluding steroid dienone is 2. The number of carbonyl (C=O) groups excluding carboxylic acids is 1. The van der Waals surface area contributed by atoms with Crippen molar-refractivity contribution in [3.63, 3.8) is 0 Å². The van der Waals surface area contributed by atoms with Gasteiger partial charge in [0, 0.05) is 17.2 Å². The molecule has 0 fully saturated rings. The van der Waals surface area contributed by atoms with E-state index < -0.39 is 0 Å². The van der Waals surface area contributed by atoms with Gasteiger partial charge in [-0.15, -0.1) is 0 Å². The van der Waals surface area contributed by atoms with Gasteiger partial charge in [-0.25, -0.2) is 0 Å². The Morgan fingerprint density at radius 1 is 1.25 bits per heavy atom. The van der Waals surface area contributed by atoms with Crippen molar-refractivity contribution < 1.29 is 4.79 Å². The number of benzene rings is 1. The number of nitrogens with zero attached hydrogens (tertiary/aromatic N) is 1. The summed E-state index contributed by atoms with van der Waals surface area (Å²) >= 11 is 0. The zero-order chi connectivity index (χ0) is 13.7. The quantitative estimate of drug-likeness (QED) is 0.888. The van der Waals surface area contributed by atoms with Gasteiger partial charge in [-0.1, -0.05) is 42.5 Å². The molecule has 0 unspecified atom stereocenters. The van der Waals surface area contributed by atoms with Gasteiger partial charge >= 0.3 is 0 Å². The van der Waals surface area contributed by atoms with E-state index in [-0.39, 0.29) is 17.4 Å². The van der Waals surface area contributed by atoms with Crippen LogP contribution in [0.25, 0.3) is 0 Å². The lowest BCUT2D eigenvalue weighted by Gasteiger charge is -2.40. The molecule has 4 rings (SSSR count). The largest absolute Gasteiger partial charge is 0.330 e. The van der Waals surface area contributed by atoms with Crippen LogP contribution in [0.4, 0.5) is 5.69 Å². The maximum atomic E-state index is 12.4. The van der Waals surface area contributed by atoms with Crippen molar-refractivity contribution in [1.82, 2.24) is 0 Å². The van der Waals surface area contributed by atoms with Crippen LogP contribution in [0.5, 0.6) is 0 Å². The van der Waals surface area contributed by atoms with Gasteiger partial charge in [-0.05, 0) is 30.2 Å². The fourth-order valence-corrected chi connectivity index (χ4v) is 3.88. The Morgan fingerprint density at radius 2 is 2.10 bits per heavy atom. The minimum atomic E-state index is -0.171. The lowest BCUT2D eigenvalue weighted by atomic mass is 9.68. The van der Waals surface area contributed by atoms with E-state index in [2.05, 4.69) is 24.3 Å². The Kier molecular flexibility index (Phi) is 2.30. The van der Waals surface area contributed by atoms with Crippen LogP contribution in [-0.2, 0) is 10.2 Å². The molecular weight excluding hydrogens is 248 g/mol. The molecule has 1 amide bonds. The minimum Gasteiger partial charge on any atom is -0.330 e. The molecule has 0 bridgehead atoms. The Morgan fingerprint density at radius 3 is 2.95 bits per heavy atom. The Balaban J connectivity index is 2.03. The number of fused-ring (bicyclic) bond motifs is 3. The van der Waals surface area contributed by atoms with Crippen LogP contribution < -0.4 is 10.6 Å². The van der Waals surface area contributed by atoms with Gasteiger partial charge in [0.2, 0.25) is 0 Å². The molecule has 3 heteroatoms. The summed E-state index contributed by atoms with van der Waals surface area (Å²) in [5, 5.41) is 0. The Labute approximate surface area is 118 Å². The predicted molar refractivity (Wildman–Crippen MR) is 79.4 cm³/mol. The van der Waals surface area contributed by atoms with Gasteiger partial charge in [0.05, 0.1) is 6.04 Å². The number of anilines is 1. The number of nitrogens with two attached hydrogens (primary N) is 1. The zero-order valence-electron chi connectivity index (χ0n) is 11.1. The summed E-state index contributed by atoms with van der Waals surface area (Å²) in [6.45, 7) is 0.605. The van der Waals surface area contributed by atoms with Crippen molar-refractivity contribution in [2.75, 3.05) is 11.4 Å². The molecule has 0 spiro atoms. The van der Waals surface area contributed by atoms with E-state index in [0.717, 1.165) is 12.1 Å². The van der Waals surface area contributed by atoms with Gasteiger partial charge in [0.1, 0.15) is 0 Å². The van der Waals surface area contributed by atoms with E-state index in [4.69, 9.17) is 5.73 Å². The minimum absolute atomic E-state index is 0.0611. The SMILES string of the molecule is NCC[C@]12C=CC=C3C=CC(=O)N(c4ccccc41)[C@@H]32. The maximum absolute atomic E-state index is 12.4. The second-order valence-corrected chi connectivity index (χ2v) is 5.57. The molecule has 0 radical (unpaired) electrons. The van der Waals surface area contributed by atoms with Gasteiger partial charge in [0.15, 0.2) is 0 Å². The molecule has 1 aromatic carbocycles. The lowest BCUT2D eigenvalue weighted by molar-refractivity contribution is -0.114. The lowest BCUT2D eigenvalue weighted by Crippen LogP contribution is -2.50. The molecule has 2 N–H and O–H groups in total. The normalized spacial score (nSPS) is 29.2. The zero-order valence-corrected chi connectivity index (χ0v) is 11.1. The fraction of sp³-hybridized carbons (Fsp3) is 0.235. The third-order valence-electron chi connectivity index (χ3n) is 4.62. The Hall–Kier alpha value is -2.13. The van der Waals surface area contributed by atoms with E-state index >= 15 is 0 Å². The highest BCUT2D eigenvalue weighted by atomic mass is 16.2. The molecule has 1 aliphatic carbocycles. The fourth-order valence-electron chi connectivity index (χ4n) is 3.88. The topological polar surface area (TPSA) is 46.3 Å². The molecule has 1 aromatic rings. The molecule has 2 heterocycles. The Bertz CT molecular complexity index is 686. The van der Waals surface area contributed by atoms with Gasteiger partial charge in [-0.3, -0.25) is 9.69 Å². The summed E-state index contributed by atoms with van der Waals surface area (Å²) in [7, 11) is 0. The molecule has 100 valence electrons. The first-order valence-corrected chi connectivity index (χ1v) is 6.98. The van der Waals surface area contributed by atoms with Crippen LogP contribution in [0, 0.1) is 0 Å². The maximum Gasteiger partial charge on any atom is 0.251 e. The van der Waals surface area contributed by atoms with Crippen LogP contribution in [-0.4, -0.2) is 18.5 Å². The third-order valence-corrected chi connectivity index (χ3v) is 4.62. The summed E-state index contributed by atoms with van der Waals surface area (Å²) in [6, 6.07) is 8.26. The summed E-state index contributed by atoms with van der Waals surface area (Å²) in [4.78, 5) is 14.3. The smallest absolute Gasteiger partial charge is 0.251 e. The molecular formula is C17H16N2O. The van der Waals surface area contributed by atoms with Crippen molar-refractivity contribution in [3.05, 3.63) is 65.8 Å². The first-order chi connectivity index (χ1) is 9.78. The number of amides is 1. The monoisotopic (exact) mass is 264 g/mol. The van der Waals surface area contributed by atoms with E-state index in [1.54, 1.807) is 6.08 Å². The van der Waals surface area contributed by atoms with E-state index in [1.807, 2.05) is 29.2 Å². The highest BCUT2D eigenvalue weighted by molar-refractivity contribution is 6.07. The molecule has 2 aliphatic heterocycles. The molecule has 3 aliphatic rings. The summed E-state index contributed by atoms with van der Waals surface area (Å²) in [5.41, 5.74) is 9.14. The van der Waals surface area contributed by atoms with Crippen molar-refractivity contribution in [2.45, 2.75) is 17.9 Å². The average molecular weight is 264 g/mol. The van der Waals surface area contributed by atoms with Crippen LogP contribution in [0.2, 0.25) is 0 Å². The summed E-state index contributed by atoms with van der Waals surface area (Å²) in [5.74, 6) is 0.0637. The second-order valence-electron chi connectivity index (χ2n) is 5.57. The summed E-state index contributed by atoms with van der Waals surface area (Å²) in [6.07, 6.45) is 10.9. The first kappa shape index (κ1) is 11.7. The molecule has 20 heavy (non-hydrogen) atoms. The van der Waals surface area contributed by atoms with E-state index in [9.17, 15) is 4.79 Å². The number of hydrogen-bond acceptors (Lipinski definition) is 2. The molecule has 3 nitrogen and oxygen atoms in total. The summed E-state index contributed by atoms with van der Waals surface area (Å²) < 4.78 is 0. The van der Waals surface area contributed by atoms with Gasteiger partial charge < -0.3 is 5.73 Å². The van der Waals surface area contributed by atoms with Crippen LogP contribution in [0.15, 0.2) is 60.2 Å². The first-order valence-electron chi connectivity index (χ1n) is 6.98. The number of carbonyl (C=O) groups is 1. The second kappa shape index (κ2) is 3.93. The highest BCUT2D eigenvalue weighted by Gasteiger charge is 2.53. The van der Waals surface area contributed by atoms with Crippen molar-refractivity contribution in [1.29, 1.82) is 0 Å². The number of hydrogen-bond donors (Lipinski definition) is 1. The molecule has 0 aromatic heterocycles. The number of para-hydroxylation sites is 1. The molecule has 2 atom stereocenters. The van der Waals surface area contributed by atoms with Gasteiger partial charge in [0.25, 0.3) is 5.91 Å². The van der Waals surface area contributed by atoms with Crippen molar-refractivity contribution in [3.8, 4) is 0 Å². The average Bonchev–Trinajstić information content (AvgIpc) is 2.77. The van der Waals surface area contributed by atoms with Crippen LogP contribution >= 0.6 is 0 Å². The number of rotatable bonds is 2. The highest BCUT2D eigenvalue weighted by Crippen LogP contribution is 2.53. The third kappa shape index (κ3) is 1.26. The van der Waals surface area contributed by atoms with Crippen molar-refractivity contribution >= 4 is 11.6 Å². The van der Waals surface area contributed by atoms with Gasteiger partial charge in [-0.2, -0.15) is 0 Å². The van der Waals surface area contributed by atoms with E-state index in [0.29, 0.717) is 6.54 Å². The van der Waals surface area contributed by atoms with E-state index in [1.165, 1.54) is 11.1 Å². The predicted octanol–water partition coefficient (Wildman–Crippen LogP) is 2.05. The molecule has 0 saturated heterocycles. The van der Waals surface area contributed by atoms with Crippen LogP contribution in [0.3, 0.4) is 0 Å².